The summed E-state index contributed by atoms with van der Waals surface area (Å²) in [7, 11) is 0. The predicted octanol–water partition coefficient (Wildman–Crippen LogP) is 3.01. The monoisotopic (exact) mass is 283 g/mol. The van der Waals surface area contributed by atoms with Crippen LogP contribution in [0.2, 0.25) is 0 Å². The van der Waals surface area contributed by atoms with Crippen molar-refractivity contribution >= 4 is 33.8 Å². The quantitative estimate of drug-likeness (QED) is 0.697. The van der Waals surface area contributed by atoms with E-state index in [1.54, 1.807) is 6.26 Å². The van der Waals surface area contributed by atoms with Gasteiger partial charge >= 0.3 is 0 Å². The zero-order chi connectivity index (χ0) is 14.6. The van der Waals surface area contributed by atoms with Gasteiger partial charge in [-0.05, 0) is 31.5 Å². The number of carbonyl (C=O) groups is 2. The molecule has 0 aliphatic carbocycles. The molecule has 1 saturated heterocycles. The lowest BCUT2D eigenvalue weighted by Gasteiger charge is -2.19. The first kappa shape index (κ1) is 12.2. The average Bonchev–Trinajstić information content (AvgIpc) is 3.00. The second kappa shape index (κ2) is 4.22. The number of carbonyl (C=O) groups excluding carboxylic acids is 2. The van der Waals surface area contributed by atoms with E-state index in [9.17, 15) is 9.59 Å². The third kappa shape index (κ3) is 1.77. The zero-order valence-electron chi connectivity index (χ0n) is 11.4. The van der Waals surface area contributed by atoms with Crippen LogP contribution in [0.3, 0.4) is 0 Å². The Bertz CT molecular complexity index is 886. The highest BCUT2D eigenvalue weighted by Crippen LogP contribution is 2.37. The van der Waals surface area contributed by atoms with Gasteiger partial charge in [-0.1, -0.05) is 0 Å². The van der Waals surface area contributed by atoms with E-state index in [-0.39, 0.29) is 17.7 Å². The van der Waals surface area contributed by atoms with Crippen LogP contribution >= 0.6 is 0 Å². The maximum absolute atomic E-state index is 12.1. The van der Waals surface area contributed by atoms with Gasteiger partial charge in [-0.25, -0.2) is 0 Å². The van der Waals surface area contributed by atoms with Crippen LogP contribution in [0.15, 0.2) is 33.3 Å². The molecule has 2 aromatic heterocycles. The number of hydrogen-bond acceptors (Lipinski definition) is 4. The van der Waals surface area contributed by atoms with E-state index in [4.69, 9.17) is 8.83 Å². The van der Waals surface area contributed by atoms with Crippen LogP contribution in [0.25, 0.3) is 21.9 Å². The Morgan fingerprint density at radius 3 is 2.86 bits per heavy atom. The molecule has 1 fully saturated rings. The summed E-state index contributed by atoms with van der Waals surface area (Å²) in [6.45, 7) is 1.89. The second-order valence-electron chi connectivity index (χ2n) is 5.40. The molecular formula is C16H13NO4. The average molecular weight is 283 g/mol. The molecule has 106 valence electrons. The summed E-state index contributed by atoms with van der Waals surface area (Å²) in [4.78, 5) is 23.4. The molecule has 0 spiro atoms. The third-order valence-electron chi connectivity index (χ3n) is 4.00. The van der Waals surface area contributed by atoms with Crippen LogP contribution in [0.5, 0.6) is 0 Å². The molecular weight excluding hydrogens is 270 g/mol. The van der Waals surface area contributed by atoms with E-state index in [1.807, 2.05) is 25.1 Å². The van der Waals surface area contributed by atoms with Gasteiger partial charge in [0.1, 0.15) is 16.9 Å². The number of amides is 2. The molecule has 0 radical (unpaired) electrons. The van der Waals surface area contributed by atoms with Crippen molar-refractivity contribution in [3.63, 3.8) is 0 Å². The van der Waals surface area contributed by atoms with Crippen LogP contribution in [0, 0.1) is 6.92 Å². The first-order valence-electron chi connectivity index (χ1n) is 6.87. The van der Waals surface area contributed by atoms with E-state index in [0.717, 1.165) is 33.3 Å². The lowest BCUT2D eigenvalue weighted by Crippen LogP contribution is -2.39. The maximum Gasteiger partial charge on any atom is 0.234 e. The van der Waals surface area contributed by atoms with Crippen LogP contribution in [0.1, 0.15) is 30.1 Å². The number of hydrogen-bond donors (Lipinski definition) is 1. The molecule has 21 heavy (non-hydrogen) atoms. The summed E-state index contributed by atoms with van der Waals surface area (Å²) >= 11 is 0. The SMILES string of the molecule is Cc1cc2c(ccc3occ([C@H]4CCC(=O)NC4=O)c32)o1. The number of rotatable bonds is 1. The second-order valence-corrected chi connectivity index (χ2v) is 5.40. The highest BCUT2D eigenvalue weighted by atomic mass is 16.3. The van der Waals surface area contributed by atoms with E-state index in [2.05, 4.69) is 5.32 Å². The van der Waals surface area contributed by atoms with Crippen molar-refractivity contribution in [3.8, 4) is 0 Å². The third-order valence-corrected chi connectivity index (χ3v) is 4.00. The number of fused-ring (bicyclic) bond motifs is 3. The highest BCUT2D eigenvalue weighted by molar-refractivity contribution is 6.09. The van der Waals surface area contributed by atoms with Crippen LogP contribution in [-0.2, 0) is 9.59 Å². The minimum Gasteiger partial charge on any atom is -0.464 e. The van der Waals surface area contributed by atoms with Gasteiger partial charge in [0.25, 0.3) is 0 Å². The normalized spacial score (nSPS) is 19.4. The molecule has 1 N–H and O–H groups in total. The molecule has 4 rings (SSSR count). The van der Waals surface area contributed by atoms with Crippen molar-refractivity contribution in [2.75, 3.05) is 0 Å². The number of aryl methyl sites for hydroxylation is 1. The van der Waals surface area contributed by atoms with Crippen molar-refractivity contribution in [1.29, 1.82) is 0 Å². The number of nitrogens with one attached hydrogen (secondary N) is 1. The molecule has 3 aromatic rings. The predicted molar refractivity (Wildman–Crippen MR) is 75.8 cm³/mol. The lowest BCUT2D eigenvalue weighted by molar-refractivity contribution is -0.134. The van der Waals surface area contributed by atoms with E-state index >= 15 is 0 Å². The minimum atomic E-state index is -0.357. The largest absolute Gasteiger partial charge is 0.464 e. The van der Waals surface area contributed by atoms with Gasteiger partial charge < -0.3 is 8.83 Å². The van der Waals surface area contributed by atoms with E-state index in [1.165, 1.54) is 0 Å². The Balaban J connectivity index is 1.94. The van der Waals surface area contributed by atoms with Crippen molar-refractivity contribution < 1.29 is 18.4 Å². The Morgan fingerprint density at radius 1 is 1.24 bits per heavy atom. The number of piperidine rings is 1. The highest BCUT2D eigenvalue weighted by Gasteiger charge is 2.31. The Hall–Kier alpha value is -2.56. The molecule has 5 nitrogen and oxygen atoms in total. The van der Waals surface area contributed by atoms with Crippen molar-refractivity contribution in [3.05, 3.63) is 35.8 Å². The van der Waals surface area contributed by atoms with E-state index in [0.29, 0.717) is 12.8 Å². The van der Waals surface area contributed by atoms with Crippen LogP contribution < -0.4 is 5.32 Å². The first-order chi connectivity index (χ1) is 10.1. The van der Waals surface area contributed by atoms with E-state index < -0.39 is 0 Å². The van der Waals surface area contributed by atoms with Gasteiger partial charge in [-0.2, -0.15) is 0 Å². The van der Waals surface area contributed by atoms with Gasteiger partial charge in [0.15, 0.2) is 0 Å². The fourth-order valence-corrected chi connectivity index (χ4v) is 3.05. The summed E-state index contributed by atoms with van der Waals surface area (Å²) in [5.74, 6) is -0.0165. The van der Waals surface area contributed by atoms with Gasteiger partial charge in [0, 0.05) is 22.8 Å². The van der Waals surface area contributed by atoms with Gasteiger partial charge in [-0.3, -0.25) is 14.9 Å². The zero-order valence-corrected chi connectivity index (χ0v) is 11.4. The fraction of sp³-hybridized carbons (Fsp3) is 0.250. The van der Waals surface area contributed by atoms with Crippen molar-refractivity contribution in [2.45, 2.75) is 25.7 Å². The summed E-state index contributed by atoms with van der Waals surface area (Å²) < 4.78 is 11.2. The topological polar surface area (TPSA) is 72.5 Å². The Morgan fingerprint density at radius 2 is 2.05 bits per heavy atom. The number of imide groups is 1. The van der Waals surface area contributed by atoms with Gasteiger partial charge in [-0.15, -0.1) is 0 Å². The standard InChI is InChI=1S/C16H13NO4/c1-8-6-10-12(21-8)3-4-13-15(10)11(7-20-13)9-2-5-14(18)17-16(9)19/h3-4,6-7,9H,2,5H2,1H3,(H,17,18,19)/t9-/m1/s1. The Kier molecular flexibility index (Phi) is 2.45. The molecule has 0 saturated carbocycles. The first-order valence-corrected chi connectivity index (χ1v) is 6.87. The molecule has 1 atom stereocenters. The molecule has 3 heterocycles. The maximum atomic E-state index is 12.1. The molecule has 5 heteroatoms. The smallest absolute Gasteiger partial charge is 0.234 e. The molecule has 1 aliphatic rings. The van der Waals surface area contributed by atoms with Gasteiger partial charge in [0.05, 0.1) is 12.2 Å². The fourth-order valence-electron chi connectivity index (χ4n) is 3.05. The summed E-state index contributed by atoms with van der Waals surface area (Å²) in [5, 5.41) is 4.24. The molecule has 1 aromatic carbocycles. The van der Waals surface area contributed by atoms with Crippen LogP contribution in [0.4, 0.5) is 0 Å². The summed E-state index contributed by atoms with van der Waals surface area (Å²) in [5.41, 5.74) is 2.32. The lowest BCUT2D eigenvalue weighted by atomic mass is 9.89. The molecule has 2 amide bonds. The molecule has 0 unspecified atom stereocenters. The summed E-state index contributed by atoms with van der Waals surface area (Å²) in [6, 6.07) is 5.65. The number of benzene rings is 1. The summed E-state index contributed by atoms with van der Waals surface area (Å²) in [6.07, 6.45) is 2.47. The minimum absolute atomic E-state index is 0.214. The van der Waals surface area contributed by atoms with Crippen molar-refractivity contribution in [1.82, 2.24) is 5.32 Å². The van der Waals surface area contributed by atoms with Crippen LogP contribution in [-0.4, -0.2) is 11.8 Å². The van der Waals surface area contributed by atoms with Gasteiger partial charge in [0.2, 0.25) is 11.8 Å². The molecule has 0 bridgehead atoms. The number of furan rings is 2. The Labute approximate surface area is 119 Å². The van der Waals surface area contributed by atoms with Crippen molar-refractivity contribution in [2.24, 2.45) is 0 Å². The molecule has 1 aliphatic heterocycles.